The molecule has 3 rings (SSSR count). The molecule has 1 aromatic carbocycles. The molecule has 0 saturated carbocycles. The molecule has 0 radical (unpaired) electrons. The lowest BCUT2D eigenvalue weighted by Gasteiger charge is -2.32. The van der Waals surface area contributed by atoms with Crippen molar-refractivity contribution in [3.63, 3.8) is 0 Å². The van der Waals surface area contributed by atoms with Crippen LogP contribution in [-0.2, 0) is 19.6 Å². The summed E-state index contributed by atoms with van der Waals surface area (Å²) in [7, 11) is -3.81. The first kappa shape index (κ1) is 17.9. The van der Waals surface area contributed by atoms with E-state index < -0.39 is 16.1 Å². The summed E-state index contributed by atoms with van der Waals surface area (Å²) in [5.41, 5.74) is 0. The molecular formula is C15H18Cl2N2O4S. The molecule has 2 fully saturated rings. The van der Waals surface area contributed by atoms with Crippen molar-refractivity contribution in [3.05, 3.63) is 29.3 Å². The van der Waals surface area contributed by atoms with Crippen molar-refractivity contribution >= 4 is 39.1 Å². The van der Waals surface area contributed by atoms with Gasteiger partial charge in [-0.15, -0.1) is 11.6 Å². The Morgan fingerprint density at radius 3 is 2.42 bits per heavy atom. The van der Waals surface area contributed by atoms with E-state index in [-0.39, 0.29) is 22.7 Å². The van der Waals surface area contributed by atoms with Gasteiger partial charge >= 0.3 is 0 Å². The molecule has 6 nitrogen and oxygen atoms in total. The van der Waals surface area contributed by atoms with Gasteiger partial charge in [0.2, 0.25) is 15.9 Å². The van der Waals surface area contributed by atoms with E-state index in [0.29, 0.717) is 37.7 Å². The lowest BCUT2D eigenvalue weighted by atomic mass is 10.2. The monoisotopic (exact) mass is 392 g/mol. The molecule has 2 aliphatic rings. The minimum Gasteiger partial charge on any atom is -0.378 e. The number of carbonyl (C=O) groups is 1. The number of alkyl halides is 1. The maximum atomic E-state index is 12.9. The number of hydrogen-bond donors (Lipinski definition) is 0. The Hall–Kier alpha value is -0.860. The van der Waals surface area contributed by atoms with Gasteiger partial charge in [-0.2, -0.15) is 4.31 Å². The summed E-state index contributed by atoms with van der Waals surface area (Å²) in [6, 6.07) is 5.14. The molecule has 1 amide bonds. The summed E-state index contributed by atoms with van der Waals surface area (Å²) in [5.74, 6) is -0.209. The lowest BCUT2D eigenvalue weighted by molar-refractivity contribution is -0.138. The molecule has 0 N–H and O–H groups in total. The Bertz CT molecular complexity index is 705. The summed E-state index contributed by atoms with van der Waals surface area (Å²) >= 11 is 12.0. The van der Waals surface area contributed by atoms with Crippen LogP contribution in [0.5, 0.6) is 0 Å². The number of amides is 1. The second-order valence-electron chi connectivity index (χ2n) is 5.82. The largest absolute Gasteiger partial charge is 0.378 e. The SMILES string of the molecule is O=C([C@@H]1C[C@@H](Cl)CN1S(=O)(=O)c1ccc(Cl)cc1)N1CCOCC1. The van der Waals surface area contributed by atoms with Gasteiger partial charge in [0.25, 0.3) is 0 Å². The van der Waals surface area contributed by atoms with Crippen LogP contribution in [0.3, 0.4) is 0 Å². The topological polar surface area (TPSA) is 66.9 Å². The summed E-state index contributed by atoms with van der Waals surface area (Å²) in [6.07, 6.45) is 0.310. The van der Waals surface area contributed by atoms with Crippen molar-refractivity contribution in [1.29, 1.82) is 0 Å². The third kappa shape index (κ3) is 3.55. The molecule has 2 heterocycles. The van der Waals surface area contributed by atoms with Crippen LogP contribution in [0.1, 0.15) is 6.42 Å². The van der Waals surface area contributed by atoms with Gasteiger partial charge in [0.15, 0.2) is 0 Å². The van der Waals surface area contributed by atoms with Crippen LogP contribution in [0, 0.1) is 0 Å². The van der Waals surface area contributed by atoms with E-state index in [4.69, 9.17) is 27.9 Å². The molecule has 0 spiro atoms. The zero-order valence-electron chi connectivity index (χ0n) is 12.9. The third-order valence-corrected chi connectivity index (χ3v) is 6.69. The highest BCUT2D eigenvalue weighted by Gasteiger charge is 2.44. The molecule has 24 heavy (non-hydrogen) atoms. The van der Waals surface area contributed by atoms with Crippen LogP contribution in [0.2, 0.25) is 5.02 Å². The first-order chi connectivity index (χ1) is 11.4. The number of carbonyl (C=O) groups excluding carboxylic acids is 1. The smallest absolute Gasteiger partial charge is 0.243 e. The lowest BCUT2D eigenvalue weighted by Crippen LogP contribution is -2.50. The van der Waals surface area contributed by atoms with Gasteiger partial charge in [0.1, 0.15) is 6.04 Å². The van der Waals surface area contributed by atoms with E-state index in [1.165, 1.54) is 28.6 Å². The Kier molecular flexibility index (Phi) is 5.36. The van der Waals surface area contributed by atoms with Crippen LogP contribution in [0.25, 0.3) is 0 Å². The Labute approximate surface area is 151 Å². The molecule has 0 aromatic heterocycles. The standard InChI is InChI=1S/C15H18Cl2N2O4S/c16-11-1-3-13(4-2-11)24(21,22)19-10-12(17)9-14(19)15(20)18-5-7-23-8-6-18/h1-4,12,14H,5-10H2/t12-,14+/m1/s1. The highest BCUT2D eigenvalue weighted by Crippen LogP contribution is 2.30. The minimum absolute atomic E-state index is 0.109. The maximum Gasteiger partial charge on any atom is 0.243 e. The number of benzene rings is 1. The zero-order valence-corrected chi connectivity index (χ0v) is 15.2. The van der Waals surface area contributed by atoms with E-state index in [0.717, 1.165) is 0 Å². The molecule has 0 aliphatic carbocycles. The molecular weight excluding hydrogens is 375 g/mol. The Morgan fingerprint density at radius 1 is 1.17 bits per heavy atom. The first-order valence-corrected chi connectivity index (χ1v) is 9.93. The molecule has 1 aromatic rings. The number of rotatable bonds is 3. The van der Waals surface area contributed by atoms with Crippen LogP contribution in [0.15, 0.2) is 29.2 Å². The molecule has 2 atom stereocenters. The van der Waals surface area contributed by atoms with Crippen LogP contribution < -0.4 is 0 Å². The fourth-order valence-electron chi connectivity index (χ4n) is 2.98. The average Bonchev–Trinajstić information content (AvgIpc) is 2.98. The molecule has 9 heteroatoms. The number of nitrogens with zero attached hydrogens (tertiary/aromatic N) is 2. The van der Waals surface area contributed by atoms with Crippen molar-refractivity contribution in [1.82, 2.24) is 9.21 Å². The van der Waals surface area contributed by atoms with Crippen molar-refractivity contribution in [2.45, 2.75) is 22.7 Å². The van der Waals surface area contributed by atoms with Crippen molar-refractivity contribution in [2.75, 3.05) is 32.8 Å². The second kappa shape index (κ2) is 7.17. The number of ether oxygens (including phenoxy) is 1. The van der Waals surface area contributed by atoms with Gasteiger partial charge in [-0.05, 0) is 30.7 Å². The Morgan fingerprint density at radius 2 is 1.79 bits per heavy atom. The maximum absolute atomic E-state index is 12.9. The number of sulfonamides is 1. The molecule has 0 bridgehead atoms. The van der Waals surface area contributed by atoms with Gasteiger partial charge in [-0.1, -0.05) is 11.6 Å². The van der Waals surface area contributed by atoms with E-state index >= 15 is 0 Å². The minimum atomic E-state index is -3.81. The van der Waals surface area contributed by atoms with Gasteiger partial charge in [0.05, 0.1) is 18.1 Å². The summed E-state index contributed by atoms with van der Waals surface area (Å²) in [5, 5.41) is 0.0635. The number of hydrogen-bond acceptors (Lipinski definition) is 4. The van der Waals surface area contributed by atoms with Crippen molar-refractivity contribution in [3.8, 4) is 0 Å². The van der Waals surface area contributed by atoms with E-state index in [9.17, 15) is 13.2 Å². The molecule has 0 unspecified atom stereocenters. The van der Waals surface area contributed by atoms with Gasteiger partial charge in [0, 0.05) is 30.0 Å². The highest BCUT2D eigenvalue weighted by atomic mass is 35.5. The second-order valence-corrected chi connectivity index (χ2v) is 8.76. The first-order valence-electron chi connectivity index (χ1n) is 7.67. The van der Waals surface area contributed by atoms with E-state index in [2.05, 4.69) is 0 Å². The van der Waals surface area contributed by atoms with E-state index in [1.54, 1.807) is 4.90 Å². The highest BCUT2D eigenvalue weighted by molar-refractivity contribution is 7.89. The average molecular weight is 393 g/mol. The predicted molar refractivity (Wildman–Crippen MR) is 90.8 cm³/mol. The van der Waals surface area contributed by atoms with Crippen LogP contribution in [-0.4, -0.2) is 67.8 Å². The Balaban J connectivity index is 1.86. The number of halogens is 2. The fourth-order valence-corrected chi connectivity index (χ4v) is 5.15. The zero-order chi connectivity index (χ0) is 17.3. The van der Waals surface area contributed by atoms with Crippen LogP contribution in [0.4, 0.5) is 0 Å². The summed E-state index contributed by atoms with van der Waals surface area (Å²) in [6.45, 7) is 1.99. The third-order valence-electron chi connectivity index (χ3n) is 4.23. The number of morpholine rings is 1. The summed E-state index contributed by atoms with van der Waals surface area (Å²) < 4.78 is 32.3. The van der Waals surface area contributed by atoms with Gasteiger partial charge in [-0.25, -0.2) is 8.42 Å². The van der Waals surface area contributed by atoms with Crippen LogP contribution >= 0.6 is 23.2 Å². The molecule has 132 valence electrons. The fraction of sp³-hybridized carbons (Fsp3) is 0.533. The molecule has 2 saturated heterocycles. The normalized spacial score (nSPS) is 25.8. The quantitative estimate of drug-likeness (QED) is 0.732. The summed E-state index contributed by atoms with van der Waals surface area (Å²) in [4.78, 5) is 14.5. The van der Waals surface area contributed by atoms with Crippen molar-refractivity contribution < 1.29 is 17.9 Å². The molecule has 2 aliphatic heterocycles. The van der Waals surface area contributed by atoms with Gasteiger partial charge < -0.3 is 9.64 Å². The van der Waals surface area contributed by atoms with Gasteiger partial charge in [-0.3, -0.25) is 4.79 Å². The van der Waals surface area contributed by atoms with Crippen molar-refractivity contribution in [2.24, 2.45) is 0 Å². The van der Waals surface area contributed by atoms with E-state index in [1.807, 2.05) is 0 Å². The predicted octanol–water partition coefficient (Wildman–Crippen LogP) is 1.57.